The maximum Gasteiger partial charge on any atom is 0.129 e. The predicted molar refractivity (Wildman–Crippen MR) is 69.8 cm³/mol. The molecule has 3 nitrogen and oxygen atoms in total. The molecule has 2 heterocycles. The third-order valence-electron chi connectivity index (χ3n) is 3.07. The van der Waals surface area contributed by atoms with Crippen molar-refractivity contribution in [3.05, 3.63) is 35.6 Å². The Bertz CT molecular complexity index is 718. The number of aromatic nitrogens is 2. The molecular formula is C13H11ClN2O. The van der Waals surface area contributed by atoms with Gasteiger partial charge in [-0.15, -0.1) is 0 Å². The maximum atomic E-state index is 5.96. The Hall–Kier alpha value is -1.74. The van der Waals surface area contributed by atoms with E-state index in [0.717, 1.165) is 27.6 Å². The molecule has 0 aliphatic carbocycles. The minimum absolute atomic E-state index is 0.496. The topological polar surface area (TPSA) is 27.1 Å². The van der Waals surface area contributed by atoms with Crippen LogP contribution in [0.3, 0.4) is 0 Å². The number of halogens is 1. The van der Waals surface area contributed by atoms with Gasteiger partial charge in [0.15, 0.2) is 0 Å². The van der Waals surface area contributed by atoms with E-state index in [9.17, 15) is 0 Å². The summed E-state index contributed by atoms with van der Waals surface area (Å²) >= 11 is 5.96. The molecule has 0 atom stereocenters. The van der Waals surface area contributed by atoms with Crippen LogP contribution in [0.2, 0.25) is 5.15 Å². The second-order valence-corrected chi connectivity index (χ2v) is 4.32. The van der Waals surface area contributed by atoms with Gasteiger partial charge >= 0.3 is 0 Å². The number of ether oxygens (including phenoxy) is 1. The summed E-state index contributed by atoms with van der Waals surface area (Å²) in [6.45, 7) is 0. The van der Waals surface area contributed by atoms with Gasteiger partial charge in [0.25, 0.3) is 0 Å². The van der Waals surface area contributed by atoms with Crippen LogP contribution in [0.15, 0.2) is 30.5 Å². The number of nitrogens with zero attached hydrogens (tertiary/aromatic N) is 2. The van der Waals surface area contributed by atoms with Crippen molar-refractivity contribution in [1.82, 2.24) is 9.55 Å². The summed E-state index contributed by atoms with van der Waals surface area (Å²) < 4.78 is 7.51. The monoisotopic (exact) mass is 246 g/mol. The van der Waals surface area contributed by atoms with E-state index in [-0.39, 0.29) is 0 Å². The van der Waals surface area contributed by atoms with E-state index >= 15 is 0 Å². The van der Waals surface area contributed by atoms with Crippen molar-refractivity contribution in [2.75, 3.05) is 7.11 Å². The number of hydrogen-bond donors (Lipinski definition) is 0. The van der Waals surface area contributed by atoms with Crippen LogP contribution in [0.4, 0.5) is 0 Å². The fourth-order valence-corrected chi connectivity index (χ4v) is 2.42. The third-order valence-corrected chi connectivity index (χ3v) is 3.27. The summed E-state index contributed by atoms with van der Waals surface area (Å²) in [6, 6.07) is 7.87. The Kier molecular flexibility index (Phi) is 2.23. The van der Waals surface area contributed by atoms with Gasteiger partial charge in [-0.2, -0.15) is 0 Å². The van der Waals surface area contributed by atoms with Gasteiger partial charge < -0.3 is 9.30 Å². The zero-order valence-corrected chi connectivity index (χ0v) is 10.3. The lowest BCUT2D eigenvalue weighted by Gasteiger charge is -2.02. The summed E-state index contributed by atoms with van der Waals surface area (Å²) in [6.07, 6.45) is 1.79. The number of benzene rings is 1. The van der Waals surface area contributed by atoms with Crippen molar-refractivity contribution in [1.29, 1.82) is 0 Å². The lowest BCUT2D eigenvalue weighted by atomic mass is 10.2. The SMILES string of the molecule is COc1cccc2c1c1cc(Cl)ncc1n2C. The minimum atomic E-state index is 0.496. The first-order valence-electron chi connectivity index (χ1n) is 5.29. The molecule has 0 bridgehead atoms. The van der Waals surface area contributed by atoms with Gasteiger partial charge in [-0.25, -0.2) is 4.98 Å². The van der Waals surface area contributed by atoms with E-state index in [1.165, 1.54) is 0 Å². The fraction of sp³-hybridized carbons (Fsp3) is 0.154. The van der Waals surface area contributed by atoms with Crippen LogP contribution >= 0.6 is 11.6 Å². The zero-order chi connectivity index (χ0) is 12.0. The second kappa shape index (κ2) is 3.64. The van der Waals surface area contributed by atoms with Crippen LogP contribution in [-0.2, 0) is 7.05 Å². The van der Waals surface area contributed by atoms with Crippen molar-refractivity contribution >= 4 is 33.4 Å². The predicted octanol–water partition coefficient (Wildman–Crippen LogP) is 3.39. The van der Waals surface area contributed by atoms with E-state index in [2.05, 4.69) is 15.6 Å². The van der Waals surface area contributed by atoms with Crippen molar-refractivity contribution in [3.63, 3.8) is 0 Å². The van der Waals surface area contributed by atoms with Crippen molar-refractivity contribution in [2.24, 2.45) is 7.05 Å². The first kappa shape index (κ1) is 10.4. The Morgan fingerprint density at radius 2 is 2.12 bits per heavy atom. The molecule has 0 radical (unpaired) electrons. The number of aryl methyl sites for hydroxylation is 1. The van der Waals surface area contributed by atoms with Gasteiger partial charge in [0, 0.05) is 17.8 Å². The molecule has 0 saturated carbocycles. The molecule has 86 valence electrons. The summed E-state index contributed by atoms with van der Waals surface area (Å²) in [5.74, 6) is 0.857. The van der Waals surface area contributed by atoms with E-state index < -0.39 is 0 Å². The summed E-state index contributed by atoms with van der Waals surface area (Å²) in [5.41, 5.74) is 2.16. The third kappa shape index (κ3) is 1.39. The highest BCUT2D eigenvalue weighted by atomic mass is 35.5. The molecule has 17 heavy (non-hydrogen) atoms. The molecule has 0 aliphatic rings. The van der Waals surface area contributed by atoms with Crippen molar-refractivity contribution in [2.45, 2.75) is 0 Å². The lowest BCUT2D eigenvalue weighted by Crippen LogP contribution is -1.87. The summed E-state index contributed by atoms with van der Waals surface area (Å²) in [7, 11) is 3.69. The van der Waals surface area contributed by atoms with Crippen LogP contribution in [0.1, 0.15) is 0 Å². The Morgan fingerprint density at radius 1 is 1.29 bits per heavy atom. The fourth-order valence-electron chi connectivity index (χ4n) is 2.26. The smallest absolute Gasteiger partial charge is 0.129 e. The molecule has 0 fully saturated rings. The Labute approximate surface area is 104 Å². The highest BCUT2D eigenvalue weighted by Gasteiger charge is 2.12. The normalized spacial score (nSPS) is 11.2. The van der Waals surface area contributed by atoms with E-state index in [0.29, 0.717) is 5.15 Å². The first-order valence-corrected chi connectivity index (χ1v) is 5.67. The van der Waals surface area contributed by atoms with Gasteiger partial charge in [-0.1, -0.05) is 17.7 Å². The van der Waals surface area contributed by atoms with Crippen LogP contribution in [0.25, 0.3) is 21.8 Å². The molecule has 0 amide bonds. The average Bonchev–Trinajstić information content (AvgIpc) is 2.63. The molecular weight excluding hydrogens is 236 g/mol. The highest BCUT2D eigenvalue weighted by molar-refractivity contribution is 6.30. The molecule has 0 saturated heterocycles. The lowest BCUT2D eigenvalue weighted by molar-refractivity contribution is 0.420. The zero-order valence-electron chi connectivity index (χ0n) is 9.57. The van der Waals surface area contributed by atoms with Gasteiger partial charge in [0.1, 0.15) is 10.9 Å². The largest absolute Gasteiger partial charge is 0.496 e. The Morgan fingerprint density at radius 3 is 2.88 bits per heavy atom. The highest BCUT2D eigenvalue weighted by Crippen LogP contribution is 2.35. The number of fused-ring (bicyclic) bond motifs is 3. The number of methoxy groups -OCH3 is 1. The van der Waals surface area contributed by atoms with Crippen LogP contribution < -0.4 is 4.74 Å². The van der Waals surface area contributed by atoms with Gasteiger partial charge in [0.05, 0.1) is 24.3 Å². The number of rotatable bonds is 1. The van der Waals surface area contributed by atoms with Crippen LogP contribution in [0, 0.1) is 0 Å². The van der Waals surface area contributed by atoms with E-state index in [1.807, 2.05) is 25.2 Å². The van der Waals surface area contributed by atoms with Gasteiger partial charge in [-0.3, -0.25) is 0 Å². The minimum Gasteiger partial charge on any atom is -0.496 e. The quantitative estimate of drug-likeness (QED) is 0.616. The van der Waals surface area contributed by atoms with E-state index in [1.54, 1.807) is 13.3 Å². The standard InChI is InChI=1S/C13H11ClN2O/c1-16-9-4-3-5-11(17-2)13(9)8-6-12(14)15-7-10(8)16/h3-7H,1-2H3. The molecule has 0 spiro atoms. The van der Waals surface area contributed by atoms with Gasteiger partial charge in [0.2, 0.25) is 0 Å². The second-order valence-electron chi connectivity index (χ2n) is 3.94. The van der Waals surface area contributed by atoms with Crippen molar-refractivity contribution < 1.29 is 4.74 Å². The molecule has 0 N–H and O–H groups in total. The van der Waals surface area contributed by atoms with Crippen LogP contribution in [0.5, 0.6) is 5.75 Å². The molecule has 0 aliphatic heterocycles. The van der Waals surface area contributed by atoms with Crippen LogP contribution in [-0.4, -0.2) is 16.7 Å². The average molecular weight is 247 g/mol. The first-order chi connectivity index (χ1) is 8.22. The molecule has 4 heteroatoms. The number of pyridine rings is 1. The molecule has 3 aromatic rings. The molecule has 2 aromatic heterocycles. The molecule has 1 aromatic carbocycles. The number of hydrogen-bond acceptors (Lipinski definition) is 2. The van der Waals surface area contributed by atoms with Crippen molar-refractivity contribution in [3.8, 4) is 5.75 Å². The molecule has 0 unspecified atom stereocenters. The maximum absolute atomic E-state index is 5.96. The molecule has 3 rings (SSSR count). The summed E-state index contributed by atoms with van der Waals surface area (Å²) in [4.78, 5) is 4.12. The Balaban J connectivity index is 2.60. The van der Waals surface area contributed by atoms with E-state index in [4.69, 9.17) is 16.3 Å². The summed E-state index contributed by atoms with van der Waals surface area (Å²) in [5, 5.41) is 2.65. The van der Waals surface area contributed by atoms with Gasteiger partial charge in [-0.05, 0) is 18.2 Å².